The maximum atomic E-state index is 12.8. The van der Waals surface area contributed by atoms with Crippen LogP contribution >= 0.6 is 0 Å². The molecule has 0 aliphatic carbocycles. The summed E-state index contributed by atoms with van der Waals surface area (Å²) in [5.41, 5.74) is 0. The van der Waals surface area contributed by atoms with Gasteiger partial charge in [0.1, 0.15) is 13.2 Å². The van der Waals surface area contributed by atoms with E-state index in [0.29, 0.717) is 19.3 Å². The smallest absolute Gasteiger partial charge is 0.306 e. The van der Waals surface area contributed by atoms with Gasteiger partial charge in [-0.3, -0.25) is 14.4 Å². The van der Waals surface area contributed by atoms with E-state index < -0.39 is 6.10 Å². The van der Waals surface area contributed by atoms with Crippen LogP contribution in [0.1, 0.15) is 278 Å². The largest absolute Gasteiger partial charge is 0.462 e. The number of hydrogen-bond donors (Lipinski definition) is 0. The van der Waals surface area contributed by atoms with Gasteiger partial charge in [-0.25, -0.2) is 0 Å². The molecule has 386 valence electrons. The number of allylic oxidation sites excluding steroid dienone is 12. The predicted octanol–water partition coefficient (Wildman–Crippen LogP) is 19.0. The van der Waals surface area contributed by atoms with Crippen molar-refractivity contribution in [3.63, 3.8) is 0 Å². The Kier molecular flexibility index (Phi) is 52.8. The van der Waals surface area contributed by atoms with Crippen LogP contribution in [0.3, 0.4) is 0 Å². The van der Waals surface area contributed by atoms with Gasteiger partial charge in [0.25, 0.3) is 0 Å². The Balaban J connectivity index is 4.46. The van der Waals surface area contributed by atoms with Gasteiger partial charge < -0.3 is 14.2 Å². The van der Waals surface area contributed by atoms with E-state index in [0.717, 1.165) is 89.9 Å². The number of hydrogen-bond acceptors (Lipinski definition) is 6. The van der Waals surface area contributed by atoms with Crippen molar-refractivity contribution >= 4 is 17.9 Å². The van der Waals surface area contributed by atoms with Crippen molar-refractivity contribution in [3.8, 4) is 0 Å². The maximum absolute atomic E-state index is 12.8. The summed E-state index contributed by atoms with van der Waals surface area (Å²) < 4.78 is 16.8. The lowest BCUT2D eigenvalue weighted by Crippen LogP contribution is -2.30. The first kappa shape index (κ1) is 63.8. The van der Waals surface area contributed by atoms with Gasteiger partial charge >= 0.3 is 17.9 Å². The highest BCUT2D eigenvalue weighted by atomic mass is 16.6. The SMILES string of the molecule is CC/C=C\C/C=C\C/C=C\C/C=C\C/C=C\CCCC(=O)OCC(COC(=O)CCCCCCCCCCCCCCCCCC)OC(=O)CCCCCCC/C=C\CCCCCCCCC. The topological polar surface area (TPSA) is 78.9 Å². The Bertz CT molecular complexity index is 1260. The minimum absolute atomic E-state index is 0.0940. The van der Waals surface area contributed by atoms with Crippen molar-refractivity contribution in [2.45, 2.75) is 284 Å². The van der Waals surface area contributed by atoms with Crippen LogP contribution in [-0.2, 0) is 28.6 Å². The summed E-state index contributed by atoms with van der Waals surface area (Å²) in [7, 11) is 0. The first-order chi connectivity index (χ1) is 33.0. The first-order valence-corrected chi connectivity index (χ1v) is 28.4. The lowest BCUT2D eigenvalue weighted by Gasteiger charge is -2.18. The molecule has 0 heterocycles. The molecular weight excluding hydrogens is 829 g/mol. The second-order valence-corrected chi connectivity index (χ2v) is 18.8. The second kappa shape index (κ2) is 55.4. The Morgan fingerprint density at radius 1 is 0.313 bits per heavy atom. The summed E-state index contributed by atoms with van der Waals surface area (Å²) in [4.78, 5) is 38.1. The van der Waals surface area contributed by atoms with Gasteiger partial charge in [-0.15, -0.1) is 0 Å². The summed E-state index contributed by atoms with van der Waals surface area (Å²) in [5.74, 6) is -0.954. The van der Waals surface area contributed by atoms with Crippen molar-refractivity contribution in [2.75, 3.05) is 13.2 Å². The molecule has 67 heavy (non-hydrogen) atoms. The molecule has 0 aromatic heterocycles. The van der Waals surface area contributed by atoms with Crippen LogP contribution in [0.25, 0.3) is 0 Å². The maximum Gasteiger partial charge on any atom is 0.306 e. The number of carbonyl (C=O) groups excluding carboxylic acids is 3. The zero-order chi connectivity index (χ0) is 48.6. The molecular formula is C61H106O6. The van der Waals surface area contributed by atoms with Crippen molar-refractivity contribution in [1.82, 2.24) is 0 Å². The molecule has 0 aromatic rings. The fourth-order valence-electron chi connectivity index (χ4n) is 7.94. The number of unbranched alkanes of at least 4 members (excludes halogenated alkanes) is 28. The third-order valence-corrected chi connectivity index (χ3v) is 12.2. The van der Waals surface area contributed by atoms with E-state index in [-0.39, 0.29) is 37.5 Å². The lowest BCUT2D eigenvalue weighted by atomic mass is 10.0. The van der Waals surface area contributed by atoms with E-state index >= 15 is 0 Å². The Morgan fingerprint density at radius 2 is 0.597 bits per heavy atom. The molecule has 1 atom stereocenters. The third-order valence-electron chi connectivity index (χ3n) is 12.2. The first-order valence-electron chi connectivity index (χ1n) is 28.4. The standard InChI is InChI=1S/C61H106O6/c1-4-7-10-13-16-19-22-25-28-31-34-36-39-42-45-48-51-54-60(63)66-57-58(67-61(64)55-52-49-46-43-40-37-33-30-27-24-21-18-15-12-9-6-3)56-65-59(62)53-50-47-44-41-38-35-32-29-26-23-20-17-14-11-8-5-2/h7,10,16,19,25,28,30,33-34,36,42,45,58H,4-6,8-9,11-15,17-18,20-24,26-27,29,31-32,35,37-41,43-44,46-57H2,1-3H3/b10-7-,19-16-,28-25-,33-30-,36-34-,45-42-. The van der Waals surface area contributed by atoms with Gasteiger partial charge in [-0.05, 0) is 83.5 Å². The minimum atomic E-state index is -0.801. The summed E-state index contributed by atoms with van der Waals surface area (Å²) in [6.07, 6.45) is 70.4. The van der Waals surface area contributed by atoms with Crippen LogP contribution in [0, 0.1) is 0 Å². The zero-order valence-corrected chi connectivity index (χ0v) is 44.2. The van der Waals surface area contributed by atoms with Crippen LogP contribution in [0.5, 0.6) is 0 Å². The average Bonchev–Trinajstić information content (AvgIpc) is 3.33. The van der Waals surface area contributed by atoms with Gasteiger partial charge in [0.2, 0.25) is 0 Å². The molecule has 0 spiro atoms. The highest BCUT2D eigenvalue weighted by Crippen LogP contribution is 2.16. The summed E-state index contributed by atoms with van der Waals surface area (Å²) in [6, 6.07) is 0. The van der Waals surface area contributed by atoms with E-state index in [1.54, 1.807) is 0 Å². The molecule has 0 amide bonds. The van der Waals surface area contributed by atoms with Gasteiger partial charge in [-0.1, -0.05) is 248 Å². The Morgan fingerprint density at radius 3 is 0.985 bits per heavy atom. The fraction of sp³-hybridized carbons (Fsp3) is 0.754. The van der Waals surface area contributed by atoms with Gasteiger partial charge in [0.15, 0.2) is 6.10 Å². The lowest BCUT2D eigenvalue weighted by molar-refractivity contribution is -0.167. The third kappa shape index (κ3) is 53.7. The zero-order valence-electron chi connectivity index (χ0n) is 44.2. The van der Waals surface area contributed by atoms with E-state index in [2.05, 4.69) is 93.7 Å². The number of rotatable bonds is 51. The van der Waals surface area contributed by atoms with E-state index in [1.807, 2.05) is 0 Å². The van der Waals surface area contributed by atoms with E-state index in [4.69, 9.17) is 14.2 Å². The Hall–Kier alpha value is -3.15. The molecule has 0 fully saturated rings. The molecule has 1 unspecified atom stereocenters. The molecule has 6 nitrogen and oxygen atoms in total. The van der Waals surface area contributed by atoms with Gasteiger partial charge in [0, 0.05) is 19.3 Å². The molecule has 0 radical (unpaired) electrons. The highest BCUT2D eigenvalue weighted by Gasteiger charge is 2.19. The fourth-order valence-corrected chi connectivity index (χ4v) is 7.94. The van der Waals surface area contributed by atoms with Crippen LogP contribution in [0.4, 0.5) is 0 Å². The molecule has 0 saturated heterocycles. The second-order valence-electron chi connectivity index (χ2n) is 18.8. The van der Waals surface area contributed by atoms with Gasteiger partial charge in [0.05, 0.1) is 0 Å². The summed E-state index contributed by atoms with van der Waals surface area (Å²) >= 11 is 0. The predicted molar refractivity (Wildman–Crippen MR) is 288 cm³/mol. The van der Waals surface area contributed by atoms with Crippen LogP contribution in [0.2, 0.25) is 0 Å². The molecule has 0 N–H and O–H groups in total. The number of ether oxygens (including phenoxy) is 3. The van der Waals surface area contributed by atoms with Crippen molar-refractivity contribution in [2.24, 2.45) is 0 Å². The molecule has 6 heteroatoms. The molecule has 0 aliphatic rings. The highest BCUT2D eigenvalue weighted by molar-refractivity contribution is 5.71. The van der Waals surface area contributed by atoms with Crippen molar-refractivity contribution in [3.05, 3.63) is 72.9 Å². The monoisotopic (exact) mass is 935 g/mol. The summed E-state index contributed by atoms with van der Waals surface area (Å²) in [5, 5.41) is 0. The quantitative estimate of drug-likeness (QED) is 0.0262. The number of carbonyl (C=O) groups is 3. The molecule has 0 bridgehead atoms. The molecule has 0 rings (SSSR count). The summed E-state index contributed by atoms with van der Waals surface area (Å²) in [6.45, 7) is 6.49. The molecule has 0 aliphatic heterocycles. The van der Waals surface area contributed by atoms with E-state index in [1.165, 1.54) is 141 Å². The molecule has 0 aromatic carbocycles. The van der Waals surface area contributed by atoms with Crippen LogP contribution in [0.15, 0.2) is 72.9 Å². The number of esters is 3. The van der Waals surface area contributed by atoms with Crippen molar-refractivity contribution < 1.29 is 28.6 Å². The van der Waals surface area contributed by atoms with Crippen molar-refractivity contribution in [1.29, 1.82) is 0 Å². The molecule has 0 saturated carbocycles. The normalized spacial score (nSPS) is 12.6. The van der Waals surface area contributed by atoms with Crippen LogP contribution < -0.4 is 0 Å². The Labute approximate surface area is 414 Å². The average molecular weight is 936 g/mol. The minimum Gasteiger partial charge on any atom is -0.462 e. The van der Waals surface area contributed by atoms with Gasteiger partial charge in [-0.2, -0.15) is 0 Å². The van der Waals surface area contributed by atoms with Crippen LogP contribution in [-0.4, -0.2) is 37.2 Å². The van der Waals surface area contributed by atoms with E-state index in [9.17, 15) is 14.4 Å².